The lowest BCUT2D eigenvalue weighted by atomic mass is 10.0. The third-order valence-corrected chi connectivity index (χ3v) is 5.06. The van der Waals surface area contributed by atoms with Crippen molar-refractivity contribution in [1.82, 2.24) is 15.2 Å². The first kappa shape index (κ1) is 15.1. The van der Waals surface area contributed by atoms with E-state index in [-0.39, 0.29) is 11.7 Å². The van der Waals surface area contributed by atoms with Crippen LogP contribution in [-0.2, 0) is 0 Å². The maximum Gasteiger partial charge on any atom is 0.253 e. The second kappa shape index (κ2) is 6.24. The van der Waals surface area contributed by atoms with E-state index >= 15 is 0 Å². The molecule has 1 aromatic carbocycles. The molecule has 3 heterocycles. The summed E-state index contributed by atoms with van der Waals surface area (Å²) in [5.41, 5.74) is 1.88. The maximum atomic E-state index is 12.7. The predicted octanol–water partition coefficient (Wildman–Crippen LogP) is 2.21. The Hall–Kier alpha value is -2.40. The van der Waals surface area contributed by atoms with Gasteiger partial charge in [0.15, 0.2) is 5.78 Å². The van der Waals surface area contributed by atoms with E-state index in [2.05, 4.69) is 10.3 Å². The van der Waals surface area contributed by atoms with Crippen LogP contribution < -0.4 is 5.32 Å². The highest BCUT2D eigenvalue weighted by atomic mass is 16.2. The van der Waals surface area contributed by atoms with E-state index in [9.17, 15) is 9.59 Å². The second-order valence-corrected chi connectivity index (χ2v) is 6.68. The zero-order chi connectivity index (χ0) is 16.5. The van der Waals surface area contributed by atoms with Crippen molar-refractivity contribution < 1.29 is 9.59 Å². The van der Waals surface area contributed by atoms with Crippen LogP contribution in [0.1, 0.15) is 45.5 Å². The Labute approximate surface area is 141 Å². The average molecular weight is 323 g/mol. The van der Waals surface area contributed by atoms with E-state index in [1.54, 1.807) is 42.7 Å². The van der Waals surface area contributed by atoms with Crippen LogP contribution in [0.25, 0.3) is 0 Å². The van der Waals surface area contributed by atoms with Gasteiger partial charge in [-0.2, -0.15) is 0 Å². The first-order valence-electron chi connectivity index (χ1n) is 8.53. The lowest BCUT2D eigenvalue weighted by molar-refractivity contribution is 0.0747. The predicted molar refractivity (Wildman–Crippen MR) is 91.1 cm³/mol. The summed E-state index contributed by atoms with van der Waals surface area (Å²) in [6, 6.07) is 9.75. The smallest absolute Gasteiger partial charge is 0.253 e. The van der Waals surface area contributed by atoms with Gasteiger partial charge in [0.25, 0.3) is 5.91 Å². The number of amides is 1. The van der Waals surface area contributed by atoms with Crippen molar-refractivity contribution in [2.75, 3.05) is 13.1 Å². The fourth-order valence-corrected chi connectivity index (χ4v) is 3.71. The SMILES string of the molecule is O=C(c1ccc(C(=O)N2CCC3CCC(C2)N3)cc1)c1cc[nH]c1. The average Bonchev–Trinajstić information content (AvgIpc) is 3.24. The van der Waals surface area contributed by atoms with Gasteiger partial charge in [0, 0.05) is 54.3 Å². The molecule has 2 bridgehead atoms. The summed E-state index contributed by atoms with van der Waals surface area (Å²) in [6.45, 7) is 1.58. The van der Waals surface area contributed by atoms with Crippen LogP contribution in [0.4, 0.5) is 0 Å². The molecule has 2 saturated heterocycles. The minimum atomic E-state index is -0.0356. The van der Waals surface area contributed by atoms with Crippen LogP contribution in [0.3, 0.4) is 0 Å². The van der Waals surface area contributed by atoms with E-state index < -0.39 is 0 Å². The molecular formula is C19H21N3O2. The number of ketones is 1. The molecule has 5 nitrogen and oxygen atoms in total. The monoisotopic (exact) mass is 323 g/mol. The lowest BCUT2D eigenvalue weighted by Crippen LogP contribution is -2.39. The van der Waals surface area contributed by atoms with Crippen LogP contribution in [0, 0.1) is 0 Å². The van der Waals surface area contributed by atoms with Gasteiger partial charge >= 0.3 is 0 Å². The Kier molecular flexibility index (Phi) is 3.94. The molecule has 2 aromatic rings. The van der Waals surface area contributed by atoms with Crippen LogP contribution >= 0.6 is 0 Å². The van der Waals surface area contributed by atoms with Crippen LogP contribution in [0.5, 0.6) is 0 Å². The maximum absolute atomic E-state index is 12.7. The van der Waals surface area contributed by atoms with Gasteiger partial charge in [0.2, 0.25) is 0 Å². The molecule has 0 spiro atoms. The normalized spacial score (nSPS) is 23.1. The second-order valence-electron chi connectivity index (χ2n) is 6.68. The lowest BCUT2D eigenvalue weighted by Gasteiger charge is -2.24. The summed E-state index contributed by atoms with van der Waals surface area (Å²) in [4.78, 5) is 29.9. The number of nitrogens with one attached hydrogen (secondary N) is 2. The molecule has 1 aromatic heterocycles. The Morgan fingerprint density at radius 3 is 2.42 bits per heavy atom. The Morgan fingerprint density at radius 1 is 0.917 bits per heavy atom. The van der Waals surface area contributed by atoms with Gasteiger partial charge in [-0.15, -0.1) is 0 Å². The van der Waals surface area contributed by atoms with E-state index in [1.165, 1.54) is 6.42 Å². The number of benzene rings is 1. The number of hydrogen-bond donors (Lipinski definition) is 2. The van der Waals surface area contributed by atoms with Crippen molar-refractivity contribution >= 4 is 11.7 Å². The Balaban J connectivity index is 1.48. The van der Waals surface area contributed by atoms with Crippen LogP contribution in [0.2, 0.25) is 0 Å². The van der Waals surface area contributed by atoms with E-state index in [0.717, 1.165) is 25.9 Å². The number of nitrogens with zero attached hydrogens (tertiary/aromatic N) is 1. The molecule has 2 atom stereocenters. The zero-order valence-electron chi connectivity index (χ0n) is 13.5. The molecule has 2 fully saturated rings. The molecule has 24 heavy (non-hydrogen) atoms. The summed E-state index contributed by atoms with van der Waals surface area (Å²) in [6.07, 6.45) is 6.81. The highest BCUT2D eigenvalue weighted by Gasteiger charge is 2.31. The minimum Gasteiger partial charge on any atom is -0.367 e. The van der Waals surface area contributed by atoms with Crippen molar-refractivity contribution in [2.45, 2.75) is 31.3 Å². The van der Waals surface area contributed by atoms with Gasteiger partial charge in [-0.25, -0.2) is 0 Å². The summed E-state index contributed by atoms with van der Waals surface area (Å²) in [7, 11) is 0. The number of carbonyl (C=O) groups excluding carboxylic acids is 2. The fourth-order valence-electron chi connectivity index (χ4n) is 3.71. The molecule has 1 amide bonds. The molecule has 0 saturated carbocycles. The molecule has 5 heteroatoms. The summed E-state index contributed by atoms with van der Waals surface area (Å²) in [5.74, 6) is 0.0246. The molecule has 2 aliphatic rings. The first-order valence-corrected chi connectivity index (χ1v) is 8.53. The van der Waals surface area contributed by atoms with Crippen molar-refractivity contribution in [3.8, 4) is 0 Å². The van der Waals surface area contributed by atoms with Crippen molar-refractivity contribution in [3.05, 3.63) is 59.4 Å². The van der Waals surface area contributed by atoms with Gasteiger partial charge in [0.05, 0.1) is 0 Å². The summed E-state index contributed by atoms with van der Waals surface area (Å²) in [5, 5.41) is 3.59. The highest BCUT2D eigenvalue weighted by Crippen LogP contribution is 2.22. The third kappa shape index (κ3) is 2.87. The summed E-state index contributed by atoms with van der Waals surface area (Å²) >= 11 is 0. The molecule has 124 valence electrons. The van der Waals surface area contributed by atoms with Crippen LogP contribution in [0.15, 0.2) is 42.7 Å². The number of fused-ring (bicyclic) bond motifs is 2. The Bertz CT molecular complexity index is 736. The molecule has 2 aliphatic heterocycles. The number of carbonyl (C=O) groups is 2. The standard InChI is InChI=1S/C19H21N3O2/c23-18(15-7-9-20-11-15)13-1-3-14(4-2-13)19(24)22-10-8-16-5-6-17(12-22)21-16/h1-4,7,9,11,16-17,20-21H,5-6,8,10,12H2. The fraction of sp³-hybridized carbons (Fsp3) is 0.368. The minimum absolute atomic E-state index is 0.0356. The zero-order valence-corrected chi connectivity index (χ0v) is 13.5. The summed E-state index contributed by atoms with van der Waals surface area (Å²) < 4.78 is 0. The van der Waals surface area contributed by atoms with Crippen molar-refractivity contribution in [2.24, 2.45) is 0 Å². The van der Waals surface area contributed by atoms with E-state index in [1.807, 2.05) is 4.90 Å². The quantitative estimate of drug-likeness (QED) is 0.851. The molecule has 2 unspecified atom stereocenters. The Morgan fingerprint density at radius 2 is 1.67 bits per heavy atom. The van der Waals surface area contributed by atoms with Crippen LogP contribution in [-0.4, -0.2) is 46.7 Å². The molecular weight excluding hydrogens is 302 g/mol. The largest absolute Gasteiger partial charge is 0.367 e. The van der Waals surface area contributed by atoms with Gasteiger partial charge in [-0.05, 0) is 37.5 Å². The van der Waals surface area contributed by atoms with Gasteiger partial charge in [-0.1, -0.05) is 12.1 Å². The van der Waals surface area contributed by atoms with Gasteiger partial charge in [-0.3, -0.25) is 9.59 Å². The third-order valence-electron chi connectivity index (χ3n) is 5.06. The molecule has 4 rings (SSSR count). The van der Waals surface area contributed by atoms with Gasteiger partial charge in [0.1, 0.15) is 0 Å². The number of hydrogen-bond acceptors (Lipinski definition) is 3. The molecule has 0 aliphatic carbocycles. The first-order chi connectivity index (χ1) is 11.7. The highest BCUT2D eigenvalue weighted by molar-refractivity contribution is 6.09. The number of aromatic amines is 1. The topological polar surface area (TPSA) is 65.2 Å². The van der Waals surface area contributed by atoms with Gasteiger partial charge < -0.3 is 15.2 Å². The van der Waals surface area contributed by atoms with E-state index in [4.69, 9.17) is 0 Å². The number of aromatic nitrogens is 1. The molecule has 2 N–H and O–H groups in total. The van der Waals surface area contributed by atoms with Crippen molar-refractivity contribution in [1.29, 1.82) is 0 Å². The van der Waals surface area contributed by atoms with E-state index in [0.29, 0.717) is 28.8 Å². The number of likely N-dealkylation sites (tertiary alicyclic amines) is 1. The van der Waals surface area contributed by atoms with Crippen molar-refractivity contribution in [3.63, 3.8) is 0 Å². The number of rotatable bonds is 3. The number of H-pyrrole nitrogens is 1. The molecule has 0 radical (unpaired) electrons.